The first-order valence-corrected chi connectivity index (χ1v) is 5.91. The third-order valence-corrected chi connectivity index (χ3v) is 3.20. The van der Waals surface area contributed by atoms with Crippen molar-refractivity contribution in [2.24, 2.45) is 7.05 Å². The molecule has 0 amide bonds. The second kappa shape index (κ2) is 3.81. The van der Waals surface area contributed by atoms with Crippen LogP contribution in [0, 0.1) is 0 Å². The van der Waals surface area contributed by atoms with Crippen molar-refractivity contribution in [2.75, 3.05) is 6.61 Å². The summed E-state index contributed by atoms with van der Waals surface area (Å²) in [5.41, 5.74) is 2.51. The molecule has 1 aromatic heterocycles. The van der Waals surface area contributed by atoms with Gasteiger partial charge in [0.25, 0.3) is 0 Å². The van der Waals surface area contributed by atoms with Gasteiger partial charge in [-0.2, -0.15) is 0 Å². The Morgan fingerprint density at radius 1 is 1.00 bits per heavy atom. The molecule has 1 heterocycles. The van der Waals surface area contributed by atoms with Crippen LogP contribution in [-0.4, -0.2) is 11.2 Å². The molecule has 0 aliphatic heterocycles. The predicted molar refractivity (Wildman–Crippen MR) is 71.6 cm³/mol. The molecule has 3 aromatic rings. The summed E-state index contributed by atoms with van der Waals surface area (Å²) in [6, 6.07) is 14.7. The van der Waals surface area contributed by atoms with E-state index < -0.39 is 0 Å². The topological polar surface area (TPSA) is 14.2 Å². The van der Waals surface area contributed by atoms with E-state index in [1.165, 1.54) is 21.8 Å². The monoisotopic (exact) mass is 225 g/mol. The second-order valence-electron chi connectivity index (χ2n) is 4.19. The average Bonchev–Trinajstić information content (AvgIpc) is 2.65. The van der Waals surface area contributed by atoms with Crippen LogP contribution in [0.4, 0.5) is 0 Å². The summed E-state index contributed by atoms with van der Waals surface area (Å²) in [6.07, 6.45) is 0. The fraction of sp³-hybridized carbons (Fsp3) is 0.200. The van der Waals surface area contributed by atoms with E-state index in [1.54, 1.807) is 0 Å². The first-order valence-electron chi connectivity index (χ1n) is 5.91. The van der Waals surface area contributed by atoms with Crippen LogP contribution in [0.2, 0.25) is 0 Å². The van der Waals surface area contributed by atoms with Crippen LogP contribution in [0.3, 0.4) is 0 Å². The molecule has 0 unspecified atom stereocenters. The smallest absolute Gasteiger partial charge is 0.120 e. The molecular weight excluding hydrogens is 210 g/mol. The summed E-state index contributed by atoms with van der Waals surface area (Å²) in [5.74, 6) is 0.941. The minimum atomic E-state index is 0.705. The van der Waals surface area contributed by atoms with Gasteiger partial charge in [0.1, 0.15) is 5.75 Å². The highest BCUT2D eigenvalue weighted by Crippen LogP contribution is 2.30. The molecule has 86 valence electrons. The lowest BCUT2D eigenvalue weighted by Gasteiger charge is -2.03. The Bertz CT molecular complexity index is 682. The maximum absolute atomic E-state index is 5.56. The van der Waals surface area contributed by atoms with E-state index in [9.17, 15) is 0 Å². The highest BCUT2D eigenvalue weighted by atomic mass is 16.5. The van der Waals surface area contributed by atoms with Gasteiger partial charge in [0.15, 0.2) is 0 Å². The van der Waals surface area contributed by atoms with Gasteiger partial charge in [0.05, 0.1) is 6.61 Å². The summed E-state index contributed by atoms with van der Waals surface area (Å²) in [5, 5.41) is 2.54. The molecule has 0 fully saturated rings. The highest BCUT2D eigenvalue weighted by molar-refractivity contribution is 6.08. The van der Waals surface area contributed by atoms with Gasteiger partial charge in [-0.25, -0.2) is 0 Å². The zero-order chi connectivity index (χ0) is 11.8. The maximum atomic E-state index is 5.56. The van der Waals surface area contributed by atoms with E-state index in [0.717, 1.165) is 5.75 Å². The highest BCUT2D eigenvalue weighted by Gasteiger charge is 2.07. The van der Waals surface area contributed by atoms with E-state index >= 15 is 0 Å². The Kier molecular flexibility index (Phi) is 2.29. The van der Waals surface area contributed by atoms with Crippen LogP contribution in [0.15, 0.2) is 42.5 Å². The Labute approximate surface area is 100 Å². The molecule has 0 aliphatic carbocycles. The molecule has 0 saturated heterocycles. The number of nitrogens with zero attached hydrogens (tertiary/aromatic N) is 1. The van der Waals surface area contributed by atoms with Gasteiger partial charge in [-0.1, -0.05) is 18.2 Å². The van der Waals surface area contributed by atoms with Crippen molar-refractivity contribution < 1.29 is 4.74 Å². The molecule has 3 rings (SSSR count). The molecule has 0 atom stereocenters. The summed E-state index contributed by atoms with van der Waals surface area (Å²) >= 11 is 0. The Morgan fingerprint density at radius 2 is 1.76 bits per heavy atom. The molecule has 0 aliphatic rings. The quantitative estimate of drug-likeness (QED) is 0.648. The number of aryl methyl sites for hydroxylation is 1. The van der Waals surface area contributed by atoms with Crippen molar-refractivity contribution in [1.82, 2.24) is 4.57 Å². The standard InChI is InChI=1S/C15H15NO/c1-3-17-11-8-9-15-13(10-11)12-6-4-5-7-14(12)16(15)2/h4-10H,3H2,1-2H3. The van der Waals surface area contributed by atoms with Gasteiger partial charge >= 0.3 is 0 Å². The zero-order valence-corrected chi connectivity index (χ0v) is 10.1. The number of aromatic nitrogens is 1. The number of rotatable bonds is 2. The maximum Gasteiger partial charge on any atom is 0.120 e. The number of para-hydroxylation sites is 1. The molecular formula is C15H15NO. The van der Waals surface area contributed by atoms with Crippen molar-refractivity contribution in [2.45, 2.75) is 6.92 Å². The van der Waals surface area contributed by atoms with E-state index in [0.29, 0.717) is 6.61 Å². The van der Waals surface area contributed by atoms with Crippen LogP contribution in [0.5, 0.6) is 5.75 Å². The molecule has 17 heavy (non-hydrogen) atoms. The third kappa shape index (κ3) is 1.48. The van der Waals surface area contributed by atoms with Crippen molar-refractivity contribution in [3.8, 4) is 5.75 Å². The van der Waals surface area contributed by atoms with E-state index in [-0.39, 0.29) is 0 Å². The van der Waals surface area contributed by atoms with E-state index in [4.69, 9.17) is 4.74 Å². The minimum absolute atomic E-state index is 0.705. The second-order valence-corrected chi connectivity index (χ2v) is 4.19. The molecule has 0 radical (unpaired) electrons. The third-order valence-electron chi connectivity index (χ3n) is 3.20. The molecule has 0 spiro atoms. The Hall–Kier alpha value is -1.96. The summed E-state index contributed by atoms with van der Waals surface area (Å²) in [6.45, 7) is 2.71. The van der Waals surface area contributed by atoms with Crippen LogP contribution in [0.1, 0.15) is 6.92 Å². The largest absolute Gasteiger partial charge is 0.494 e. The fourth-order valence-corrected chi connectivity index (χ4v) is 2.40. The summed E-state index contributed by atoms with van der Waals surface area (Å²) in [4.78, 5) is 0. The van der Waals surface area contributed by atoms with Gasteiger partial charge in [0.2, 0.25) is 0 Å². The van der Waals surface area contributed by atoms with Gasteiger partial charge in [0, 0.05) is 28.9 Å². The van der Waals surface area contributed by atoms with Crippen LogP contribution in [0.25, 0.3) is 21.8 Å². The fourth-order valence-electron chi connectivity index (χ4n) is 2.40. The predicted octanol–water partition coefficient (Wildman–Crippen LogP) is 3.73. The van der Waals surface area contributed by atoms with Crippen LogP contribution >= 0.6 is 0 Å². The molecule has 0 N–H and O–H groups in total. The molecule has 2 aromatic carbocycles. The van der Waals surface area contributed by atoms with E-state index in [2.05, 4.69) is 48.0 Å². The molecule has 0 bridgehead atoms. The van der Waals surface area contributed by atoms with Crippen LogP contribution in [-0.2, 0) is 7.05 Å². The number of hydrogen-bond acceptors (Lipinski definition) is 1. The Balaban J connectivity index is 2.38. The van der Waals surface area contributed by atoms with E-state index in [1.807, 2.05) is 13.0 Å². The normalized spacial score (nSPS) is 11.2. The SMILES string of the molecule is CCOc1ccc2c(c1)c1ccccc1n2C. The molecule has 0 saturated carbocycles. The van der Waals surface area contributed by atoms with Crippen LogP contribution < -0.4 is 4.74 Å². The summed E-state index contributed by atoms with van der Waals surface area (Å²) in [7, 11) is 2.10. The van der Waals surface area contributed by atoms with Crippen molar-refractivity contribution in [3.63, 3.8) is 0 Å². The molecule has 2 nitrogen and oxygen atoms in total. The van der Waals surface area contributed by atoms with Gasteiger partial charge in [-0.3, -0.25) is 0 Å². The lowest BCUT2D eigenvalue weighted by atomic mass is 10.1. The first-order chi connectivity index (χ1) is 8.31. The molecule has 2 heteroatoms. The average molecular weight is 225 g/mol. The minimum Gasteiger partial charge on any atom is -0.494 e. The lowest BCUT2D eigenvalue weighted by molar-refractivity contribution is 0.341. The lowest BCUT2D eigenvalue weighted by Crippen LogP contribution is -1.91. The van der Waals surface area contributed by atoms with Crippen molar-refractivity contribution in [3.05, 3.63) is 42.5 Å². The first kappa shape index (κ1) is 10.2. The Morgan fingerprint density at radius 3 is 2.59 bits per heavy atom. The number of benzene rings is 2. The zero-order valence-electron chi connectivity index (χ0n) is 10.1. The number of fused-ring (bicyclic) bond motifs is 3. The number of ether oxygens (including phenoxy) is 1. The van der Waals surface area contributed by atoms with Crippen molar-refractivity contribution in [1.29, 1.82) is 0 Å². The van der Waals surface area contributed by atoms with Crippen molar-refractivity contribution >= 4 is 21.8 Å². The summed E-state index contributed by atoms with van der Waals surface area (Å²) < 4.78 is 7.79. The number of hydrogen-bond donors (Lipinski definition) is 0. The van der Waals surface area contributed by atoms with Gasteiger partial charge in [-0.15, -0.1) is 0 Å². The van der Waals surface area contributed by atoms with Gasteiger partial charge in [-0.05, 0) is 31.2 Å². The van der Waals surface area contributed by atoms with Gasteiger partial charge < -0.3 is 9.30 Å².